The van der Waals surface area contributed by atoms with Gasteiger partial charge in [-0.2, -0.15) is 0 Å². The van der Waals surface area contributed by atoms with Crippen molar-refractivity contribution >= 4 is 21.8 Å². The number of nitrogens with zero attached hydrogens (tertiary/aromatic N) is 2. The zero-order valence-electron chi connectivity index (χ0n) is 8.41. The number of hydrogen-bond donors (Lipinski definition) is 0. The SMILES string of the molecule is O=C(CBr)N1CCN(CC2CC2)CC1. The Morgan fingerprint density at radius 2 is 1.86 bits per heavy atom. The molecule has 1 saturated heterocycles. The Labute approximate surface area is 93.6 Å². The van der Waals surface area contributed by atoms with Gasteiger partial charge in [0.2, 0.25) is 5.91 Å². The minimum absolute atomic E-state index is 0.232. The fraction of sp³-hybridized carbons (Fsp3) is 0.900. The molecule has 1 aliphatic carbocycles. The Morgan fingerprint density at radius 1 is 1.21 bits per heavy atom. The van der Waals surface area contributed by atoms with E-state index >= 15 is 0 Å². The van der Waals surface area contributed by atoms with E-state index in [1.54, 1.807) is 0 Å². The summed E-state index contributed by atoms with van der Waals surface area (Å²) in [6, 6.07) is 0. The van der Waals surface area contributed by atoms with Crippen LogP contribution >= 0.6 is 15.9 Å². The van der Waals surface area contributed by atoms with Crippen LogP contribution in [0.25, 0.3) is 0 Å². The lowest BCUT2D eigenvalue weighted by molar-refractivity contribution is -0.129. The van der Waals surface area contributed by atoms with Gasteiger partial charge in [0, 0.05) is 32.7 Å². The highest BCUT2D eigenvalue weighted by atomic mass is 79.9. The summed E-state index contributed by atoms with van der Waals surface area (Å²) in [7, 11) is 0. The van der Waals surface area contributed by atoms with Crippen molar-refractivity contribution in [2.75, 3.05) is 38.1 Å². The molecule has 4 heteroatoms. The van der Waals surface area contributed by atoms with Gasteiger partial charge in [-0.25, -0.2) is 0 Å². The van der Waals surface area contributed by atoms with E-state index in [1.165, 1.54) is 19.4 Å². The van der Waals surface area contributed by atoms with E-state index in [0.717, 1.165) is 32.1 Å². The molecule has 0 N–H and O–H groups in total. The first kappa shape index (κ1) is 10.4. The van der Waals surface area contributed by atoms with Crippen LogP contribution < -0.4 is 0 Å². The van der Waals surface area contributed by atoms with Crippen molar-refractivity contribution in [3.8, 4) is 0 Å². The quantitative estimate of drug-likeness (QED) is 0.706. The second-order valence-corrected chi connectivity index (χ2v) is 4.82. The van der Waals surface area contributed by atoms with Crippen LogP contribution in [-0.4, -0.2) is 53.8 Å². The Bertz CT molecular complexity index is 210. The summed E-state index contributed by atoms with van der Waals surface area (Å²) in [6.07, 6.45) is 2.83. The normalized spacial score (nSPS) is 23.9. The maximum Gasteiger partial charge on any atom is 0.233 e. The third kappa shape index (κ3) is 2.70. The van der Waals surface area contributed by atoms with E-state index in [4.69, 9.17) is 0 Å². The van der Waals surface area contributed by atoms with Crippen molar-refractivity contribution in [3.05, 3.63) is 0 Å². The zero-order chi connectivity index (χ0) is 9.97. The molecule has 0 aromatic heterocycles. The highest BCUT2D eigenvalue weighted by molar-refractivity contribution is 9.09. The van der Waals surface area contributed by atoms with E-state index in [1.807, 2.05) is 4.90 Å². The highest BCUT2D eigenvalue weighted by Gasteiger charge is 2.27. The average molecular weight is 261 g/mol. The standard InChI is InChI=1S/C10H17BrN2O/c11-7-10(14)13-5-3-12(4-6-13)8-9-1-2-9/h9H,1-8H2. The number of piperazine rings is 1. The van der Waals surface area contributed by atoms with E-state index in [-0.39, 0.29) is 5.91 Å². The van der Waals surface area contributed by atoms with Crippen LogP contribution in [0, 0.1) is 5.92 Å². The predicted octanol–water partition coefficient (Wildman–Crippen LogP) is 0.935. The minimum atomic E-state index is 0.232. The van der Waals surface area contributed by atoms with Crippen LogP contribution in [0.5, 0.6) is 0 Å². The lowest BCUT2D eigenvalue weighted by Crippen LogP contribution is -2.49. The molecule has 0 spiro atoms. The average Bonchev–Trinajstić information content (AvgIpc) is 3.02. The van der Waals surface area contributed by atoms with Crippen molar-refractivity contribution in [2.24, 2.45) is 5.92 Å². The smallest absolute Gasteiger partial charge is 0.233 e. The fourth-order valence-corrected chi connectivity index (χ4v) is 2.28. The number of carbonyl (C=O) groups is 1. The van der Waals surface area contributed by atoms with E-state index < -0.39 is 0 Å². The summed E-state index contributed by atoms with van der Waals surface area (Å²) < 4.78 is 0. The second-order valence-electron chi connectivity index (χ2n) is 4.26. The first-order valence-electron chi connectivity index (χ1n) is 5.35. The van der Waals surface area contributed by atoms with Gasteiger partial charge in [-0.15, -0.1) is 0 Å². The van der Waals surface area contributed by atoms with Gasteiger partial charge in [0.15, 0.2) is 0 Å². The number of carbonyl (C=O) groups excluding carboxylic acids is 1. The molecule has 0 unspecified atom stereocenters. The van der Waals surface area contributed by atoms with E-state index in [2.05, 4.69) is 20.8 Å². The first-order chi connectivity index (χ1) is 6.79. The van der Waals surface area contributed by atoms with Crippen molar-refractivity contribution in [1.82, 2.24) is 9.80 Å². The van der Waals surface area contributed by atoms with Gasteiger partial charge < -0.3 is 4.90 Å². The van der Waals surface area contributed by atoms with Crippen molar-refractivity contribution in [1.29, 1.82) is 0 Å². The minimum Gasteiger partial charge on any atom is -0.339 e. The lowest BCUT2D eigenvalue weighted by Gasteiger charge is -2.34. The molecule has 1 saturated carbocycles. The summed E-state index contributed by atoms with van der Waals surface area (Å²) in [5.74, 6) is 1.20. The molecule has 2 fully saturated rings. The summed E-state index contributed by atoms with van der Waals surface area (Å²) in [5, 5.41) is 0.468. The Balaban J connectivity index is 1.71. The fourth-order valence-electron chi connectivity index (χ4n) is 1.93. The van der Waals surface area contributed by atoms with Gasteiger partial charge in [0.05, 0.1) is 5.33 Å². The predicted molar refractivity (Wildman–Crippen MR) is 59.5 cm³/mol. The van der Waals surface area contributed by atoms with Crippen LogP contribution in [0.4, 0.5) is 0 Å². The van der Waals surface area contributed by atoms with Crippen molar-refractivity contribution in [3.63, 3.8) is 0 Å². The molecule has 14 heavy (non-hydrogen) atoms. The van der Waals surface area contributed by atoms with Gasteiger partial charge in [0.1, 0.15) is 0 Å². The molecule has 1 amide bonds. The molecule has 80 valence electrons. The molecule has 1 heterocycles. The van der Waals surface area contributed by atoms with Gasteiger partial charge in [-0.1, -0.05) is 15.9 Å². The van der Waals surface area contributed by atoms with Gasteiger partial charge >= 0.3 is 0 Å². The molecule has 0 atom stereocenters. The summed E-state index contributed by atoms with van der Waals surface area (Å²) in [5.41, 5.74) is 0. The Morgan fingerprint density at radius 3 is 2.36 bits per heavy atom. The maximum absolute atomic E-state index is 11.4. The molecule has 0 radical (unpaired) electrons. The van der Waals surface area contributed by atoms with Crippen LogP contribution in [0.3, 0.4) is 0 Å². The summed E-state index contributed by atoms with van der Waals surface area (Å²) in [6.45, 7) is 5.22. The molecular formula is C10H17BrN2O. The molecule has 0 aromatic rings. The largest absolute Gasteiger partial charge is 0.339 e. The van der Waals surface area contributed by atoms with Gasteiger partial charge in [-0.3, -0.25) is 9.69 Å². The Kier molecular flexibility index (Phi) is 3.44. The second kappa shape index (κ2) is 4.62. The molecule has 2 rings (SSSR count). The van der Waals surface area contributed by atoms with Crippen molar-refractivity contribution < 1.29 is 4.79 Å². The molecule has 2 aliphatic rings. The van der Waals surface area contributed by atoms with Crippen LogP contribution in [0.15, 0.2) is 0 Å². The lowest BCUT2D eigenvalue weighted by atomic mass is 10.3. The van der Waals surface area contributed by atoms with E-state index in [9.17, 15) is 4.79 Å². The number of rotatable bonds is 3. The van der Waals surface area contributed by atoms with Crippen molar-refractivity contribution in [2.45, 2.75) is 12.8 Å². The highest BCUT2D eigenvalue weighted by Crippen LogP contribution is 2.29. The number of hydrogen-bond acceptors (Lipinski definition) is 2. The van der Waals surface area contributed by atoms with Crippen LogP contribution in [-0.2, 0) is 4.79 Å². The van der Waals surface area contributed by atoms with Crippen LogP contribution in [0.1, 0.15) is 12.8 Å². The molecule has 3 nitrogen and oxygen atoms in total. The molecule has 1 aliphatic heterocycles. The molecular weight excluding hydrogens is 244 g/mol. The third-order valence-electron chi connectivity index (χ3n) is 3.05. The number of alkyl halides is 1. The van der Waals surface area contributed by atoms with Gasteiger partial charge in [-0.05, 0) is 18.8 Å². The summed E-state index contributed by atoms with van der Waals surface area (Å²) in [4.78, 5) is 15.8. The van der Waals surface area contributed by atoms with Crippen LogP contribution in [0.2, 0.25) is 0 Å². The Hall–Kier alpha value is -0.0900. The first-order valence-corrected chi connectivity index (χ1v) is 6.48. The monoisotopic (exact) mass is 260 g/mol. The number of halogens is 1. The third-order valence-corrected chi connectivity index (χ3v) is 3.53. The zero-order valence-corrected chi connectivity index (χ0v) is 10.0. The topological polar surface area (TPSA) is 23.6 Å². The summed E-state index contributed by atoms with van der Waals surface area (Å²) >= 11 is 3.21. The molecule has 0 bridgehead atoms. The van der Waals surface area contributed by atoms with E-state index in [0.29, 0.717) is 5.33 Å². The maximum atomic E-state index is 11.4. The number of amides is 1. The van der Waals surface area contributed by atoms with Gasteiger partial charge in [0.25, 0.3) is 0 Å². The molecule has 0 aromatic carbocycles.